The summed E-state index contributed by atoms with van der Waals surface area (Å²) in [5.74, 6) is 1.02. The summed E-state index contributed by atoms with van der Waals surface area (Å²) in [6.07, 6.45) is 0. The molecule has 0 saturated carbocycles. The Morgan fingerprint density at radius 3 is 1.89 bits per heavy atom. The maximum atomic E-state index is 5.11. The standard InChI is InChI=1S/C35H24N2/c1-2-37-32-17-8-7-16-31(32)36-35(37)24-20-23-19-18-22-10-9-15-29-27-13-5-3-11-25(27)26-12-4-6-14-28(26)30(21-24)34(23)33(22)29/h3-21H,2H2,1H3. The number of hydrogen-bond donors (Lipinski definition) is 0. The fraction of sp³-hybridized carbons (Fsp3) is 0.0571. The van der Waals surface area contributed by atoms with E-state index in [-0.39, 0.29) is 0 Å². The molecule has 0 N–H and O–H groups in total. The van der Waals surface area contributed by atoms with E-state index < -0.39 is 0 Å². The van der Waals surface area contributed by atoms with Crippen molar-refractivity contribution in [1.82, 2.24) is 9.55 Å². The van der Waals surface area contributed by atoms with Gasteiger partial charge in [0.1, 0.15) is 5.82 Å². The van der Waals surface area contributed by atoms with Gasteiger partial charge in [-0.15, -0.1) is 0 Å². The van der Waals surface area contributed by atoms with Gasteiger partial charge in [-0.25, -0.2) is 4.98 Å². The lowest BCUT2D eigenvalue weighted by atomic mass is 9.89. The van der Waals surface area contributed by atoms with Crippen molar-refractivity contribution >= 4 is 64.9 Å². The lowest BCUT2D eigenvalue weighted by Gasteiger charge is -2.15. The number of nitrogens with zero attached hydrogens (tertiary/aromatic N) is 2. The summed E-state index contributed by atoms with van der Waals surface area (Å²) in [7, 11) is 0. The van der Waals surface area contributed by atoms with Gasteiger partial charge in [-0.1, -0.05) is 91.0 Å². The second-order valence-corrected chi connectivity index (χ2v) is 9.85. The summed E-state index contributed by atoms with van der Waals surface area (Å²) in [5, 5.41) is 12.8. The van der Waals surface area contributed by atoms with Crippen LogP contribution in [0.4, 0.5) is 0 Å². The summed E-state index contributed by atoms with van der Waals surface area (Å²) in [6, 6.07) is 42.1. The molecule has 0 unspecified atom stereocenters. The number of fused-ring (bicyclic) bond motifs is 6. The molecule has 0 atom stereocenters. The molecular formula is C35H24N2. The quantitative estimate of drug-likeness (QED) is 0.229. The van der Waals surface area contributed by atoms with Crippen molar-refractivity contribution < 1.29 is 0 Å². The number of para-hydroxylation sites is 2. The first-order chi connectivity index (χ1) is 18.3. The highest BCUT2D eigenvalue weighted by atomic mass is 15.1. The van der Waals surface area contributed by atoms with Crippen LogP contribution in [0, 0.1) is 0 Å². The molecule has 0 aliphatic carbocycles. The Hall–Kier alpha value is -4.69. The van der Waals surface area contributed by atoms with Crippen molar-refractivity contribution in [1.29, 1.82) is 0 Å². The van der Waals surface area contributed by atoms with Crippen LogP contribution >= 0.6 is 0 Å². The number of aryl methyl sites for hydroxylation is 1. The lowest BCUT2D eigenvalue weighted by molar-refractivity contribution is 0.796. The molecule has 0 aliphatic rings. The van der Waals surface area contributed by atoms with E-state index in [4.69, 9.17) is 4.98 Å². The van der Waals surface area contributed by atoms with Crippen LogP contribution < -0.4 is 0 Å². The van der Waals surface area contributed by atoms with Gasteiger partial charge in [0, 0.05) is 12.1 Å². The third-order valence-electron chi connectivity index (χ3n) is 7.91. The Morgan fingerprint density at radius 2 is 1.14 bits per heavy atom. The summed E-state index contributed by atoms with van der Waals surface area (Å²) >= 11 is 0. The largest absolute Gasteiger partial charge is 0.324 e. The summed E-state index contributed by atoms with van der Waals surface area (Å²) in [4.78, 5) is 5.11. The van der Waals surface area contributed by atoms with Crippen LogP contribution in [-0.4, -0.2) is 9.55 Å². The highest BCUT2D eigenvalue weighted by molar-refractivity contribution is 6.33. The zero-order valence-electron chi connectivity index (χ0n) is 20.6. The summed E-state index contributed by atoms with van der Waals surface area (Å²) in [5.41, 5.74) is 3.37. The minimum absolute atomic E-state index is 0.870. The zero-order valence-corrected chi connectivity index (χ0v) is 20.6. The number of benzene rings is 6. The molecule has 0 aliphatic heterocycles. The highest BCUT2D eigenvalue weighted by Crippen LogP contribution is 2.42. The van der Waals surface area contributed by atoms with E-state index in [1.165, 1.54) is 59.4 Å². The van der Waals surface area contributed by atoms with E-state index in [0.717, 1.165) is 23.4 Å². The van der Waals surface area contributed by atoms with Crippen molar-refractivity contribution in [2.75, 3.05) is 0 Å². The molecule has 0 saturated heterocycles. The average molecular weight is 473 g/mol. The number of hydrogen-bond acceptors (Lipinski definition) is 1. The number of aromatic nitrogens is 2. The Morgan fingerprint density at radius 1 is 0.541 bits per heavy atom. The number of rotatable bonds is 2. The molecule has 0 amide bonds. The molecule has 0 bridgehead atoms. The van der Waals surface area contributed by atoms with Crippen LogP contribution in [0.25, 0.3) is 76.3 Å². The first-order valence-electron chi connectivity index (χ1n) is 13.0. The van der Waals surface area contributed by atoms with Gasteiger partial charge in [0.2, 0.25) is 0 Å². The second kappa shape index (κ2) is 7.65. The van der Waals surface area contributed by atoms with Crippen molar-refractivity contribution in [3.8, 4) is 11.4 Å². The van der Waals surface area contributed by atoms with Crippen LogP contribution in [0.15, 0.2) is 115 Å². The second-order valence-electron chi connectivity index (χ2n) is 9.85. The van der Waals surface area contributed by atoms with Crippen LogP contribution in [0.3, 0.4) is 0 Å². The van der Waals surface area contributed by atoms with Gasteiger partial charge >= 0.3 is 0 Å². The number of imidazole rings is 1. The Balaban J connectivity index is 1.66. The minimum Gasteiger partial charge on any atom is -0.324 e. The molecule has 0 spiro atoms. The Labute approximate surface area is 214 Å². The molecule has 1 aromatic heterocycles. The molecule has 2 nitrogen and oxygen atoms in total. The fourth-order valence-corrected chi connectivity index (χ4v) is 6.33. The SMILES string of the molecule is CCn1c(-c2cc3ccc4cccc5c6ccccc6c6ccccc6c(c2)c3c45)nc2ccccc21. The maximum Gasteiger partial charge on any atom is 0.141 e. The molecule has 37 heavy (non-hydrogen) atoms. The smallest absolute Gasteiger partial charge is 0.141 e. The predicted molar refractivity (Wildman–Crippen MR) is 158 cm³/mol. The van der Waals surface area contributed by atoms with E-state index in [1.807, 2.05) is 0 Å². The molecule has 8 aromatic rings. The normalized spacial score (nSPS) is 12.0. The Kier molecular flexibility index (Phi) is 4.24. The molecule has 174 valence electrons. The summed E-state index contributed by atoms with van der Waals surface area (Å²) < 4.78 is 2.33. The van der Waals surface area contributed by atoms with Gasteiger partial charge in [0.15, 0.2) is 0 Å². The molecule has 0 fully saturated rings. The van der Waals surface area contributed by atoms with Crippen molar-refractivity contribution in [3.05, 3.63) is 115 Å². The third kappa shape index (κ3) is 2.84. The average Bonchev–Trinajstić information content (AvgIpc) is 3.34. The summed E-state index contributed by atoms with van der Waals surface area (Å²) in [6.45, 7) is 3.07. The molecule has 8 rings (SSSR count). The molecule has 0 radical (unpaired) electrons. The van der Waals surface area contributed by atoms with Crippen LogP contribution in [0.1, 0.15) is 6.92 Å². The van der Waals surface area contributed by atoms with E-state index >= 15 is 0 Å². The van der Waals surface area contributed by atoms with E-state index in [9.17, 15) is 0 Å². The predicted octanol–water partition coefficient (Wildman–Crippen LogP) is 9.49. The van der Waals surface area contributed by atoms with Crippen molar-refractivity contribution in [2.24, 2.45) is 0 Å². The lowest BCUT2D eigenvalue weighted by Crippen LogP contribution is -1.97. The molecule has 2 heteroatoms. The maximum absolute atomic E-state index is 5.11. The fourth-order valence-electron chi connectivity index (χ4n) is 6.33. The first-order valence-corrected chi connectivity index (χ1v) is 13.0. The van der Waals surface area contributed by atoms with Gasteiger partial charge in [0.25, 0.3) is 0 Å². The molecule has 1 heterocycles. The topological polar surface area (TPSA) is 17.8 Å². The molecular weight excluding hydrogens is 448 g/mol. The van der Waals surface area contributed by atoms with Crippen molar-refractivity contribution in [3.63, 3.8) is 0 Å². The van der Waals surface area contributed by atoms with Crippen molar-refractivity contribution in [2.45, 2.75) is 13.5 Å². The van der Waals surface area contributed by atoms with Crippen LogP contribution in [-0.2, 0) is 6.54 Å². The molecule has 7 aromatic carbocycles. The van der Waals surface area contributed by atoms with Crippen LogP contribution in [0.5, 0.6) is 0 Å². The Bertz CT molecular complexity index is 2180. The van der Waals surface area contributed by atoms with E-state index in [0.29, 0.717) is 0 Å². The van der Waals surface area contributed by atoms with Crippen LogP contribution in [0.2, 0.25) is 0 Å². The van der Waals surface area contributed by atoms with E-state index in [1.54, 1.807) is 0 Å². The first kappa shape index (κ1) is 20.5. The van der Waals surface area contributed by atoms with Gasteiger partial charge < -0.3 is 4.57 Å². The van der Waals surface area contributed by atoms with Gasteiger partial charge in [0.05, 0.1) is 11.0 Å². The zero-order chi connectivity index (χ0) is 24.5. The van der Waals surface area contributed by atoms with Gasteiger partial charge in [-0.3, -0.25) is 0 Å². The minimum atomic E-state index is 0.870. The van der Waals surface area contributed by atoms with E-state index in [2.05, 4.69) is 127 Å². The monoisotopic (exact) mass is 472 g/mol. The van der Waals surface area contributed by atoms with Gasteiger partial charge in [-0.05, 0) is 85.1 Å². The third-order valence-corrected chi connectivity index (χ3v) is 7.91. The highest BCUT2D eigenvalue weighted by Gasteiger charge is 2.16. The van der Waals surface area contributed by atoms with Gasteiger partial charge in [-0.2, -0.15) is 0 Å².